The van der Waals surface area contributed by atoms with Crippen molar-refractivity contribution in [2.24, 2.45) is 4.99 Å². The van der Waals surface area contributed by atoms with Crippen LogP contribution in [0.1, 0.15) is 37.7 Å². The van der Waals surface area contributed by atoms with Crippen molar-refractivity contribution in [1.29, 1.82) is 0 Å². The lowest BCUT2D eigenvalue weighted by Crippen LogP contribution is -2.38. The van der Waals surface area contributed by atoms with Crippen molar-refractivity contribution in [1.82, 2.24) is 15.5 Å². The molecule has 6 heteroatoms. The minimum absolute atomic E-state index is 0. The second-order valence-corrected chi connectivity index (χ2v) is 7.02. The predicted octanol–water partition coefficient (Wildman–Crippen LogP) is 3.30. The number of halogens is 1. The van der Waals surface area contributed by atoms with Gasteiger partial charge in [-0.1, -0.05) is 25.0 Å². The first kappa shape index (κ1) is 23.0. The van der Waals surface area contributed by atoms with E-state index < -0.39 is 0 Å². The monoisotopic (exact) mass is 473 g/mol. The summed E-state index contributed by atoms with van der Waals surface area (Å²) in [7, 11) is 5.95. The Morgan fingerprint density at radius 2 is 1.69 bits per heavy atom. The van der Waals surface area contributed by atoms with Gasteiger partial charge in [0.15, 0.2) is 5.96 Å². The minimum atomic E-state index is 0. The van der Waals surface area contributed by atoms with Gasteiger partial charge in [0, 0.05) is 39.9 Å². The predicted molar refractivity (Wildman–Crippen MR) is 124 cm³/mol. The molecular weight excluding hydrogens is 437 g/mol. The van der Waals surface area contributed by atoms with Crippen LogP contribution in [0.5, 0.6) is 0 Å². The van der Waals surface area contributed by atoms with Gasteiger partial charge in [0.25, 0.3) is 0 Å². The third-order valence-electron chi connectivity index (χ3n) is 4.78. The molecule has 1 saturated heterocycles. The zero-order valence-electron chi connectivity index (χ0n) is 16.6. The van der Waals surface area contributed by atoms with E-state index in [1.54, 1.807) is 0 Å². The van der Waals surface area contributed by atoms with Crippen LogP contribution >= 0.6 is 24.0 Å². The highest BCUT2D eigenvalue weighted by molar-refractivity contribution is 14.0. The van der Waals surface area contributed by atoms with Gasteiger partial charge in [-0.15, -0.1) is 24.0 Å². The van der Waals surface area contributed by atoms with Crippen molar-refractivity contribution in [3.05, 3.63) is 29.8 Å². The summed E-state index contributed by atoms with van der Waals surface area (Å²) < 4.78 is 0. The lowest BCUT2D eigenvalue weighted by molar-refractivity contribution is 0.282. The van der Waals surface area contributed by atoms with Crippen molar-refractivity contribution in [3.8, 4) is 0 Å². The van der Waals surface area contributed by atoms with Crippen molar-refractivity contribution < 1.29 is 0 Å². The van der Waals surface area contributed by atoms with Crippen LogP contribution in [-0.2, 0) is 6.54 Å². The first-order valence-electron chi connectivity index (χ1n) is 9.62. The van der Waals surface area contributed by atoms with E-state index >= 15 is 0 Å². The maximum absolute atomic E-state index is 4.32. The fourth-order valence-electron chi connectivity index (χ4n) is 3.19. The average molecular weight is 473 g/mol. The molecule has 1 aliphatic heterocycles. The second kappa shape index (κ2) is 13.2. The number of hydrogen-bond donors (Lipinski definition) is 2. The van der Waals surface area contributed by atoms with Gasteiger partial charge in [-0.3, -0.25) is 4.99 Å². The van der Waals surface area contributed by atoms with Gasteiger partial charge >= 0.3 is 0 Å². The highest BCUT2D eigenvalue weighted by Gasteiger charge is 2.08. The number of anilines is 1. The standard InChI is InChI=1S/C20H35N5.HI/c1-21-20(22-13-8-16-25-14-6-4-5-7-15-25)23-17-18-9-11-19(12-10-18)24(2)3;/h9-12H,4-8,13-17H2,1-3H3,(H2,21,22,23);1H. The van der Waals surface area contributed by atoms with Crippen molar-refractivity contribution in [2.75, 3.05) is 52.2 Å². The molecule has 1 aliphatic rings. The van der Waals surface area contributed by atoms with Crippen LogP contribution in [0.15, 0.2) is 29.3 Å². The van der Waals surface area contributed by atoms with Crippen molar-refractivity contribution >= 4 is 35.6 Å². The van der Waals surface area contributed by atoms with Gasteiger partial charge in [-0.05, 0) is 56.6 Å². The van der Waals surface area contributed by atoms with Gasteiger partial charge in [0.2, 0.25) is 0 Å². The molecule has 26 heavy (non-hydrogen) atoms. The van der Waals surface area contributed by atoms with E-state index in [-0.39, 0.29) is 24.0 Å². The van der Waals surface area contributed by atoms with Gasteiger partial charge in [-0.25, -0.2) is 0 Å². The molecule has 0 atom stereocenters. The normalized spacial score (nSPS) is 15.7. The Morgan fingerprint density at radius 1 is 1.04 bits per heavy atom. The molecule has 2 N–H and O–H groups in total. The summed E-state index contributed by atoms with van der Waals surface area (Å²) in [5.74, 6) is 0.882. The lowest BCUT2D eigenvalue weighted by atomic mass is 10.2. The van der Waals surface area contributed by atoms with Crippen LogP contribution < -0.4 is 15.5 Å². The zero-order valence-corrected chi connectivity index (χ0v) is 19.0. The number of likely N-dealkylation sites (tertiary alicyclic amines) is 1. The fourth-order valence-corrected chi connectivity index (χ4v) is 3.19. The maximum atomic E-state index is 4.32. The van der Waals surface area contributed by atoms with Crippen molar-refractivity contribution in [3.63, 3.8) is 0 Å². The summed E-state index contributed by atoms with van der Waals surface area (Å²) in [4.78, 5) is 9.04. The molecule has 1 fully saturated rings. The quantitative estimate of drug-likeness (QED) is 0.276. The molecule has 0 bridgehead atoms. The SMILES string of the molecule is CN=C(NCCCN1CCCCCC1)NCc1ccc(N(C)C)cc1.I. The van der Waals surface area contributed by atoms with E-state index in [4.69, 9.17) is 0 Å². The Labute approximate surface area is 176 Å². The number of nitrogens with zero attached hydrogens (tertiary/aromatic N) is 3. The highest BCUT2D eigenvalue weighted by Crippen LogP contribution is 2.12. The largest absolute Gasteiger partial charge is 0.378 e. The van der Waals surface area contributed by atoms with E-state index in [2.05, 4.69) is 63.8 Å². The molecular formula is C20H36IN5. The van der Waals surface area contributed by atoms with Gasteiger partial charge in [-0.2, -0.15) is 0 Å². The Kier molecular flexibility index (Phi) is 11.7. The third kappa shape index (κ3) is 8.58. The molecule has 0 saturated carbocycles. The number of benzene rings is 1. The van der Waals surface area contributed by atoms with E-state index in [9.17, 15) is 0 Å². The van der Waals surface area contributed by atoms with Crippen LogP contribution in [-0.4, -0.2) is 58.2 Å². The summed E-state index contributed by atoms with van der Waals surface area (Å²) >= 11 is 0. The maximum Gasteiger partial charge on any atom is 0.191 e. The van der Waals surface area contributed by atoms with Crippen LogP contribution in [0, 0.1) is 0 Å². The zero-order chi connectivity index (χ0) is 17.9. The first-order chi connectivity index (χ1) is 12.2. The summed E-state index contributed by atoms with van der Waals surface area (Å²) in [5, 5.41) is 6.82. The number of aliphatic imine (C=N–C) groups is 1. The molecule has 1 aromatic rings. The number of hydrogen-bond acceptors (Lipinski definition) is 3. The Morgan fingerprint density at radius 3 is 2.27 bits per heavy atom. The summed E-state index contributed by atoms with van der Waals surface area (Å²) in [6.45, 7) is 5.50. The van der Waals surface area contributed by atoms with Gasteiger partial charge < -0.3 is 20.4 Å². The van der Waals surface area contributed by atoms with E-state index in [0.717, 1.165) is 25.5 Å². The molecule has 148 valence electrons. The minimum Gasteiger partial charge on any atom is -0.378 e. The second-order valence-electron chi connectivity index (χ2n) is 7.02. The summed E-state index contributed by atoms with van der Waals surface area (Å²) in [6, 6.07) is 8.62. The summed E-state index contributed by atoms with van der Waals surface area (Å²) in [6.07, 6.45) is 6.70. The molecule has 0 unspecified atom stereocenters. The van der Waals surface area contributed by atoms with E-state index in [1.807, 2.05) is 7.05 Å². The Balaban J connectivity index is 0.00000338. The van der Waals surface area contributed by atoms with Crippen LogP contribution in [0.25, 0.3) is 0 Å². The molecule has 1 aromatic carbocycles. The molecule has 0 aliphatic carbocycles. The molecule has 1 heterocycles. The molecule has 2 rings (SSSR count). The van der Waals surface area contributed by atoms with Crippen LogP contribution in [0.4, 0.5) is 5.69 Å². The number of rotatable bonds is 7. The van der Waals surface area contributed by atoms with Gasteiger partial charge in [0.1, 0.15) is 0 Å². The first-order valence-corrected chi connectivity index (χ1v) is 9.62. The Hall–Kier alpha value is -1.02. The molecule has 0 aromatic heterocycles. The van der Waals surface area contributed by atoms with E-state index in [1.165, 1.54) is 56.6 Å². The Bertz CT molecular complexity index is 507. The van der Waals surface area contributed by atoms with E-state index in [0.29, 0.717) is 0 Å². The average Bonchev–Trinajstić information content (AvgIpc) is 2.90. The third-order valence-corrected chi connectivity index (χ3v) is 4.78. The number of guanidine groups is 1. The van der Waals surface area contributed by atoms with Crippen LogP contribution in [0.3, 0.4) is 0 Å². The molecule has 0 spiro atoms. The van der Waals surface area contributed by atoms with Crippen molar-refractivity contribution in [2.45, 2.75) is 38.6 Å². The molecule has 0 amide bonds. The summed E-state index contributed by atoms with van der Waals surface area (Å²) in [5.41, 5.74) is 2.48. The highest BCUT2D eigenvalue weighted by atomic mass is 127. The number of nitrogens with one attached hydrogen (secondary N) is 2. The smallest absolute Gasteiger partial charge is 0.191 e. The molecule has 5 nitrogen and oxygen atoms in total. The van der Waals surface area contributed by atoms with Crippen LogP contribution in [0.2, 0.25) is 0 Å². The van der Waals surface area contributed by atoms with Gasteiger partial charge in [0.05, 0.1) is 0 Å². The fraction of sp³-hybridized carbons (Fsp3) is 0.650. The lowest BCUT2D eigenvalue weighted by Gasteiger charge is -2.20. The topological polar surface area (TPSA) is 42.9 Å². The molecule has 0 radical (unpaired) electrons.